The van der Waals surface area contributed by atoms with E-state index in [2.05, 4.69) is 9.97 Å². The second-order valence-electron chi connectivity index (χ2n) is 7.52. The number of aryl methyl sites for hydroxylation is 2. The molecule has 146 valence electrons. The minimum atomic E-state index is -0.631. The Morgan fingerprint density at radius 3 is 2.75 bits per heavy atom. The monoisotopic (exact) mass is 380 g/mol. The van der Waals surface area contributed by atoms with Crippen molar-refractivity contribution in [2.45, 2.75) is 25.9 Å². The minimum absolute atomic E-state index is 0.0692. The van der Waals surface area contributed by atoms with E-state index >= 15 is 0 Å². The number of aromatic amines is 1. The van der Waals surface area contributed by atoms with Crippen LogP contribution >= 0.6 is 0 Å². The van der Waals surface area contributed by atoms with Gasteiger partial charge in [0, 0.05) is 49.7 Å². The van der Waals surface area contributed by atoms with Crippen LogP contribution < -0.4 is 5.43 Å². The number of imidazole rings is 1. The molecule has 1 aliphatic heterocycles. The first-order valence-corrected chi connectivity index (χ1v) is 9.53. The van der Waals surface area contributed by atoms with Gasteiger partial charge in [0.1, 0.15) is 11.9 Å². The highest BCUT2D eigenvalue weighted by molar-refractivity contribution is 6.05. The van der Waals surface area contributed by atoms with Gasteiger partial charge in [-0.25, -0.2) is 4.98 Å². The maximum atomic E-state index is 13.1. The normalized spacial score (nSPS) is 16.5. The Morgan fingerprint density at radius 2 is 2.07 bits per heavy atom. The standard InChI is InChI=1S/C21H24N4O3/c1-13-12-17(26)15-4-3-5-16(18(15)23-13)21(28)25-9-6-14(7-10-25)19(27)20-22-8-11-24(20)2/h3-5,8,11-12,14,19,27H,6-7,9-10H2,1-2H3,(H,23,26). The van der Waals surface area contributed by atoms with Crippen LogP contribution in [0.3, 0.4) is 0 Å². The quantitative estimate of drug-likeness (QED) is 0.728. The van der Waals surface area contributed by atoms with Crippen LogP contribution in [0.4, 0.5) is 0 Å². The Bertz CT molecular complexity index is 1080. The van der Waals surface area contributed by atoms with E-state index < -0.39 is 6.10 Å². The number of likely N-dealkylation sites (tertiary alicyclic amines) is 1. The van der Waals surface area contributed by atoms with Crippen LogP contribution in [0.1, 0.15) is 40.8 Å². The number of pyridine rings is 1. The first-order valence-electron chi connectivity index (χ1n) is 9.53. The van der Waals surface area contributed by atoms with Crippen molar-refractivity contribution in [3.8, 4) is 0 Å². The number of carbonyl (C=O) groups excluding carboxylic acids is 1. The number of hydrogen-bond donors (Lipinski definition) is 2. The Morgan fingerprint density at radius 1 is 1.32 bits per heavy atom. The fraction of sp³-hybridized carbons (Fsp3) is 0.381. The molecule has 1 unspecified atom stereocenters. The molecule has 1 fully saturated rings. The van der Waals surface area contributed by atoms with Crippen molar-refractivity contribution in [1.29, 1.82) is 0 Å². The number of rotatable bonds is 3. The minimum Gasteiger partial charge on any atom is -0.385 e. The average molecular weight is 380 g/mol. The van der Waals surface area contributed by atoms with Crippen molar-refractivity contribution in [3.63, 3.8) is 0 Å². The van der Waals surface area contributed by atoms with Gasteiger partial charge in [0.05, 0.1) is 11.1 Å². The van der Waals surface area contributed by atoms with Crippen molar-refractivity contribution in [2.75, 3.05) is 13.1 Å². The highest BCUT2D eigenvalue weighted by Crippen LogP contribution is 2.30. The average Bonchev–Trinajstić information content (AvgIpc) is 3.12. The lowest BCUT2D eigenvalue weighted by Crippen LogP contribution is -2.40. The number of carbonyl (C=O) groups is 1. The number of fused-ring (bicyclic) bond motifs is 1. The zero-order valence-corrected chi connectivity index (χ0v) is 16.1. The number of nitrogens with zero attached hydrogens (tertiary/aromatic N) is 3. The van der Waals surface area contributed by atoms with Crippen molar-refractivity contribution in [3.05, 3.63) is 64.0 Å². The number of piperidine rings is 1. The van der Waals surface area contributed by atoms with E-state index in [0.29, 0.717) is 48.2 Å². The number of aromatic nitrogens is 3. The lowest BCUT2D eigenvalue weighted by molar-refractivity contribution is 0.0421. The van der Waals surface area contributed by atoms with Gasteiger partial charge in [-0.2, -0.15) is 0 Å². The summed E-state index contributed by atoms with van der Waals surface area (Å²) >= 11 is 0. The summed E-state index contributed by atoms with van der Waals surface area (Å²) < 4.78 is 1.83. The Hall–Kier alpha value is -2.93. The number of amides is 1. The highest BCUT2D eigenvalue weighted by atomic mass is 16.3. The lowest BCUT2D eigenvalue weighted by atomic mass is 9.90. The molecule has 1 amide bonds. The molecule has 0 saturated carbocycles. The number of aliphatic hydroxyl groups is 1. The summed E-state index contributed by atoms with van der Waals surface area (Å²) in [5, 5.41) is 11.2. The SMILES string of the molecule is Cc1cc(=O)c2cccc(C(=O)N3CCC(C(O)c4nccn4C)CC3)c2[nH]1. The summed E-state index contributed by atoms with van der Waals surface area (Å²) in [5.41, 5.74) is 1.75. The molecule has 28 heavy (non-hydrogen) atoms. The molecule has 3 heterocycles. The predicted molar refractivity (Wildman–Crippen MR) is 106 cm³/mol. The highest BCUT2D eigenvalue weighted by Gasteiger charge is 2.31. The van der Waals surface area contributed by atoms with Crippen LogP contribution in [-0.2, 0) is 7.05 Å². The van der Waals surface area contributed by atoms with Gasteiger partial charge in [-0.1, -0.05) is 6.07 Å². The van der Waals surface area contributed by atoms with Gasteiger partial charge < -0.3 is 19.6 Å². The fourth-order valence-corrected chi connectivity index (χ4v) is 4.04. The fourth-order valence-electron chi connectivity index (χ4n) is 4.04. The number of benzene rings is 1. The molecule has 0 radical (unpaired) electrons. The third-order valence-electron chi connectivity index (χ3n) is 5.63. The van der Waals surface area contributed by atoms with Crippen LogP contribution in [0.15, 0.2) is 41.5 Å². The van der Waals surface area contributed by atoms with Gasteiger partial charge in [-0.3, -0.25) is 9.59 Å². The summed E-state index contributed by atoms with van der Waals surface area (Å²) in [6, 6.07) is 6.79. The third-order valence-corrected chi connectivity index (χ3v) is 5.63. The van der Waals surface area contributed by atoms with Crippen molar-refractivity contribution in [2.24, 2.45) is 13.0 Å². The molecule has 4 rings (SSSR count). The molecule has 2 aromatic heterocycles. The molecule has 1 saturated heterocycles. The zero-order valence-electron chi connectivity index (χ0n) is 16.1. The van der Waals surface area contributed by atoms with Gasteiger partial charge in [-0.15, -0.1) is 0 Å². The van der Waals surface area contributed by atoms with E-state index in [9.17, 15) is 14.7 Å². The molecule has 7 nitrogen and oxygen atoms in total. The van der Waals surface area contributed by atoms with Crippen LogP contribution in [0, 0.1) is 12.8 Å². The maximum absolute atomic E-state index is 13.1. The maximum Gasteiger partial charge on any atom is 0.255 e. The number of H-pyrrole nitrogens is 1. The van der Waals surface area contributed by atoms with Crippen LogP contribution in [0.5, 0.6) is 0 Å². The van der Waals surface area contributed by atoms with Gasteiger partial charge in [0.15, 0.2) is 5.43 Å². The van der Waals surface area contributed by atoms with Crippen LogP contribution in [-0.4, -0.2) is 43.5 Å². The second-order valence-corrected chi connectivity index (χ2v) is 7.52. The van der Waals surface area contributed by atoms with Gasteiger partial charge >= 0.3 is 0 Å². The van der Waals surface area contributed by atoms with E-state index in [0.717, 1.165) is 5.69 Å². The number of hydrogen-bond acceptors (Lipinski definition) is 4. The summed E-state index contributed by atoms with van der Waals surface area (Å²) in [5.74, 6) is 0.642. The van der Waals surface area contributed by atoms with E-state index in [1.807, 2.05) is 24.7 Å². The summed E-state index contributed by atoms with van der Waals surface area (Å²) in [4.78, 5) is 34.6. The topological polar surface area (TPSA) is 91.2 Å². The largest absolute Gasteiger partial charge is 0.385 e. The molecule has 1 aliphatic rings. The lowest BCUT2D eigenvalue weighted by Gasteiger charge is -2.34. The number of aliphatic hydroxyl groups excluding tert-OH is 1. The van der Waals surface area contributed by atoms with Crippen molar-refractivity contribution >= 4 is 16.8 Å². The van der Waals surface area contributed by atoms with Crippen molar-refractivity contribution in [1.82, 2.24) is 19.4 Å². The Kier molecular flexibility index (Phi) is 4.77. The first kappa shape index (κ1) is 18.4. The Labute approximate surface area is 162 Å². The summed E-state index contributed by atoms with van der Waals surface area (Å²) in [7, 11) is 1.87. The van der Waals surface area contributed by atoms with E-state index in [4.69, 9.17) is 0 Å². The third kappa shape index (κ3) is 3.22. The Balaban J connectivity index is 1.53. The molecular formula is C21H24N4O3. The predicted octanol–water partition coefficient (Wildman–Crippen LogP) is 2.16. The van der Waals surface area contributed by atoms with E-state index in [1.165, 1.54) is 0 Å². The molecule has 7 heteroatoms. The van der Waals surface area contributed by atoms with Gasteiger partial charge in [0.25, 0.3) is 5.91 Å². The van der Waals surface area contributed by atoms with Gasteiger partial charge in [0.2, 0.25) is 0 Å². The smallest absolute Gasteiger partial charge is 0.255 e. The van der Waals surface area contributed by atoms with E-state index in [1.54, 1.807) is 35.4 Å². The molecule has 0 aliphatic carbocycles. The number of para-hydroxylation sites is 1. The molecule has 1 aromatic carbocycles. The summed E-state index contributed by atoms with van der Waals surface area (Å²) in [6.07, 6.45) is 4.29. The molecular weight excluding hydrogens is 356 g/mol. The molecule has 3 aromatic rings. The molecule has 1 atom stereocenters. The zero-order chi connectivity index (χ0) is 19.8. The molecule has 0 spiro atoms. The van der Waals surface area contributed by atoms with Crippen molar-refractivity contribution < 1.29 is 9.90 Å². The molecule has 0 bridgehead atoms. The first-order chi connectivity index (χ1) is 13.5. The van der Waals surface area contributed by atoms with Crippen LogP contribution in [0.25, 0.3) is 10.9 Å². The second kappa shape index (κ2) is 7.24. The summed E-state index contributed by atoms with van der Waals surface area (Å²) in [6.45, 7) is 2.95. The molecule has 2 N–H and O–H groups in total. The van der Waals surface area contributed by atoms with Crippen LogP contribution in [0.2, 0.25) is 0 Å². The number of nitrogens with one attached hydrogen (secondary N) is 1. The van der Waals surface area contributed by atoms with E-state index in [-0.39, 0.29) is 17.3 Å². The van der Waals surface area contributed by atoms with Gasteiger partial charge in [-0.05, 0) is 37.8 Å².